The second-order valence-corrected chi connectivity index (χ2v) is 3.38. The molecule has 0 spiro atoms. The molecule has 1 rings (SSSR count). The minimum atomic E-state index is -1.11. The third-order valence-corrected chi connectivity index (χ3v) is 2.49. The molecule has 0 aliphatic rings. The van der Waals surface area contributed by atoms with Crippen LogP contribution in [0.1, 0.15) is 15.2 Å². The number of carbonyl (C=O) groups excluding carboxylic acids is 1. The number of ketones is 1. The van der Waals surface area contributed by atoms with Crippen molar-refractivity contribution in [2.45, 2.75) is 6.92 Å². The quantitative estimate of drug-likeness (QED) is 0.593. The van der Waals surface area contributed by atoms with E-state index in [-0.39, 0.29) is 5.78 Å². The zero-order valence-electron chi connectivity index (χ0n) is 6.98. The van der Waals surface area contributed by atoms with Crippen molar-refractivity contribution in [1.82, 2.24) is 0 Å². The monoisotopic (exact) mass is 196 g/mol. The van der Waals surface area contributed by atoms with Crippen LogP contribution in [-0.4, -0.2) is 16.9 Å². The van der Waals surface area contributed by atoms with Crippen molar-refractivity contribution in [2.75, 3.05) is 0 Å². The van der Waals surface area contributed by atoms with E-state index in [4.69, 9.17) is 5.11 Å². The Morgan fingerprint density at radius 3 is 2.62 bits per heavy atom. The van der Waals surface area contributed by atoms with Crippen LogP contribution in [0.2, 0.25) is 0 Å². The molecule has 0 aliphatic carbocycles. The fourth-order valence-electron chi connectivity index (χ4n) is 0.848. The SMILES string of the molecule is Cc1ccsc1C(=O)/C=C/C(=O)O. The Morgan fingerprint density at radius 1 is 1.46 bits per heavy atom. The van der Waals surface area contributed by atoms with Gasteiger partial charge in [-0.15, -0.1) is 11.3 Å². The topological polar surface area (TPSA) is 54.4 Å². The van der Waals surface area contributed by atoms with Gasteiger partial charge in [-0.3, -0.25) is 4.79 Å². The number of carbonyl (C=O) groups is 2. The van der Waals surface area contributed by atoms with Crippen LogP contribution in [0, 0.1) is 6.92 Å². The summed E-state index contributed by atoms with van der Waals surface area (Å²) in [6.07, 6.45) is 1.92. The van der Waals surface area contributed by atoms with Crippen LogP contribution in [0.15, 0.2) is 23.6 Å². The summed E-state index contributed by atoms with van der Waals surface area (Å²) in [5, 5.41) is 10.1. The lowest BCUT2D eigenvalue weighted by Gasteiger charge is -1.90. The van der Waals surface area contributed by atoms with Gasteiger partial charge in [-0.25, -0.2) is 4.79 Å². The molecule has 0 atom stereocenters. The van der Waals surface area contributed by atoms with Crippen LogP contribution in [0.4, 0.5) is 0 Å². The Morgan fingerprint density at radius 2 is 2.15 bits per heavy atom. The fraction of sp³-hybridized carbons (Fsp3) is 0.111. The summed E-state index contributed by atoms with van der Waals surface area (Å²) in [7, 11) is 0. The Kier molecular flexibility index (Phi) is 2.97. The molecule has 0 radical (unpaired) electrons. The molecule has 13 heavy (non-hydrogen) atoms. The molecule has 1 N–H and O–H groups in total. The van der Waals surface area contributed by atoms with Gasteiger partial charge in [0.05, 0.1) is 4.88 Å². The van der Waals surface area contributed by atoms with E-state index in [0.29, 0.717) is 4.88 Å². The number of carboxylic acids is 1. The molecule has 0 amide bonds. The Bertz CT molecular complexity index is 363. The highest BCUT2D eigenvalue weighted by molar-refractivity contribution is 7.12. The number of hydrogen-bond donors (Lipinski definition) is 1. The summed E-state index contributed by atoms with van der Waals surface area (Å²) in [6, 6.07) is 1.83. The Balaban J connectivity index is 2.81. The average Bonchev–Trinajstić information content (AvgIpc) is 2.47. The zero-order valence-corrected chi connectivity index (χ0v) is 7.80. The maximum atomic E-state index is 11.3. The highest BCUT2D eigenvalue weighted by atomic mass is 32.1. The molecule has 1 aromatic heterocycles. The van der Waals surface area contributed by atoms with Crippen molar-refractivity contribution in [3.63, 3.8) is 0 Å². The second kappa shape index (κ2) is 4.00. The molecule has 1 aromatic rings. The normalized spacial score (nSPS) is 10.5. The van der Waals surface area contributed by atoms with Gasteiger partial charge in [-0.05, 0) is 30.0 Å². The molecule has 0 saturated heterocycles. The van der Waals surface area contributed by atoms with E-state index >= 15 is 0 Å². The fourth-order valence-corrected chi connectivity index (χ4v) is 1.69. The van der Waals surface area contributed by atoms with E-state index in [2.05, 4.69) is 0 Å². The van der Waals surface area contributed by atoms with Crippen LogP contribution in [0.25, 0.3) is 0 Å². The molecule has 0 unspecified atom stereocenters. The third kappa shape index (κ3) is 2.52. The van der Waals surface area contributed by atoms with Gasteiger partial charge in [0.25, 0.3) is 0 Å². The number of aliphatic carboxylic acids is 1. The van der Waals surface area contributed by atoms with Gasteiger partial charge in [0.1, 0.15) is 0 Å². The van der Waals surface area contributed by atoms with Crippen LogP contribution in [0.5, 0.6) is 0 Å². The van der Waals surface area contributed by atoms with Crippen molar-refractivity contribution in [2.24, 2.45) is 0 Å². The van der Waals surface area contributed by atoms with Gasteiger partial charge < -0.3 is 5.11 Å². The number of allylic oxidation sites excluding steroid dienone is 1. The van der Waals surface area contributed by atoms with Crippen molar-refractivity contribution < 1.29 is 14.7 Å². The van der Waals surface area contributed by atoms with Crippen LogP contribution >= 0.6 is 11.3 Å². The lowest BCUT2D eigenvalue weighted by atomic mass is 10.2. The molecule has 4 heteroatoms. The molecule has 1 heterocycles. The molecular weight excluding hydrogens is 188 g/mol. The Hall–Kier alpha value is -1.42. The first kappa shape index (κ1) is 9.67. The van der Waals surface area contributed by atoms with E-state index < -0.39 is 5.97 Å². The van der Waals surface area contributed by atoms with E-state index in [1.807, 2.05) is 13.0 Å². The molecular formula is C9H8O3S. The number of thiophene rings is 1. The molecule has 0 bridgehead atoms. The van der Waals surface area contributed by atoms with Gasteiger partial charge in [0.2, 0.25) is 0 Å². The lowest BCUT2D eigenvalue weighted by Crippen LogP contribution is -1.95. The van der Waals surface area contributed by atoms with Crippen molar-refractivity contribution in [3.05, 3.63) is 34.0 Å². The number of rotatable bonds is 3. The van der Waals surface area contributed by atoms with Gasteiger partial charge >= 0.3 is 5.97 Å². The zero-order chi connectivity index (χ0) is 9.84. The first-order valence-electron chi connectivity index (χ1n) is 3.60. The minimum Gasteiger partial charge on any atom is -0.478 e. The molecule has 0 saturated carbocycles. The maximum absolute atomic E-state index is 11.3. The highest BCUT2D eigenvalue weighted by Gasteiger charge is 2.06. The summed E-state index contributed by atoms with van der Waals surface area (Å²) in [5.74, 6) is -1.36. The highest BCUT2D eigenvalue weighted by Crippen LogP contribution is 2.16. The summed E-state index contributed by atoms with van der Waals surface area (Å²) in [6.45, 7) is 1.82. The predicted molar refractivity (Wildman–Crippen MR) is 50.2 cm³/mol. The molecule has 0 aliphatic heterocycles. The summed E-state index contributed by atoms with van der Waals surface area (Å²) < 4.78 is 0. The van der Waals surface area contributed by atoms with Crippen molar-refractivity contribution >= 4 is 23.1 Å². The first-order valence-corrected chi connectivity index (χ1v) is 4.48. The summed E-state index contributed by atoms with van der Waals surface area (Å²) in [4.78, 5) is 22.0. The van der Waals surface area contributed by atoms with Crippen LogP contribution < -0.4 is 0 Å². The summed E-state index contributed by atoms with van der Waals surface area (Å²) >= 11 is 1.32. The van der Waals surface area contributed by atoms with E-state index in [1.165, 1.54) is 11.3 Å². The van der Waals surface area contributed by atoms with Crippen molar-refractivity contribution in [3.8, 4) is 0 Å². The van der Waals surface area contributed by atoms with E-state index in [0.717, 1.165) is 17.7 Å². The number of carboxylic acid groups (broad SMARTS) is 1. The number of aryl methyl sites for hydroxylation is 1. The molecule has 0 aromatic carbocycles. The smallest absolute Gasteiger partial charge is 0.328 e. The predicted octanol–water partition coefficient (Wildman–Crippen LogP) is 1.88. The molecule has 3 nitrogen and oxygen atoms in total. The average molecular weight is 196 g/mol. The molecule has 0 fully saturated rings. The standard InChI is InChI=1S/C9H8O3S/c1-6-4-5-13-9(6)7(10)2-3-8(11)12/h2-5H,1H3,(H,11,12)/b3-2+. The molecule has 68 valence electrons. The Labute approximate surface area is 79.3 Å². The van der Waals surface area contributed by atoms with E-state index in [1.54, 1.807) is 5.38 Å². The maximum Gasteiger partial charge on any atom is 0.328 e. The van der Waals surface area contributed by atoms with Gasteiger partial charge in [-0.2, -0.15) is 0 Å². The van der Waals surface area contributed by atoms with Crippen LogP contribution in [-0.2, 0) is 4.79 Å². The number of hydrogen-bond acceptors (Lipinski definition) is 3. The van der Waals surface area contributed by atoms with Gasteiger partial charge in [-0.1, -0.05) is 0 Å². The van der Waals surface area contributed by atoms with Crippen LogP contribution in [0.3, 0.4) is 0 Å². The van der Waals surface area contributed by atoms with Gasteiger partial charge in [0, 0.05) is 6.08 Å². The second-order valence-electron chi connectivity index (χ2n) is 2.47. The lowest BCUT2D eigenvalue weighted by molar-refractivity contribution is -0.131. The van der Waals surface area contributed by atoms with Crippen molar-refractivity contribution in [1.29, 1.82) is 0 Å². The third-order valence-electron chi connectivity index (χ3n) is 1.46. The minimum absolute atomic E-state index is 0.255. The van der Waals surface area contributed by atoms with E-state index in [9.17, 15) is 9.59 Å². The van der Waals surface area contributed by atoms with Gasteiger partial charge in [0.15, 0.2) is 5.78 Å². The summed E-state index contributed by atoms with van der Waals surface area (Å²) in [5.41, 5.74) is 0.880. The largest absolute Gasteiger partial charge is 0.478 e. The first-order chi connectivity index (χ1) is 6.11.